The number of hydrazine groups is 1. The second kappa shape index (κ2) is 8.28. The smallest absolute Gasteiger partial charge is 0.271 e. The van der Waals surface area contributed by atoms with Crippen molar-refractivity contribution in [2.75, 3.05) is 10.8 Å². The fourth-order valence-electron chi connectivity index (χ4n) is 2.05. The van der Waals surface area contributed by atoms with Gasteiger partial charge in [0.2, 0.25) is 0 Å². The molecule has 0 aliphatic rings. The lowest BCUT2D eigenvalue weighted by atomic mass is 10.3. The summed E-state index contributed by atoms with van der Waals surface area (Å²) in [6.45, 7) is -0.778. The van der Waals surface area contributed by atoms with Gasteiger partial charge in [0.1, 0.15) is 6.54 Å². The standard InChI is InChI=1S/C14H11Cl3N4O5S/c15-10-4-2-9(6-12(10)17)27(25,26)20(7-14(22)19-18)13-5-8(21(23)24)1-3-11(13)16/h1-6H,7,18H2,(H,19,22). The summed E-state index contributed by atoms with van der Waals surface area (Å²) in [6, 6.07) is 6.68. The number of halogens is 3. The molecular weight excluding hydrogens is 443 g/mol. The van der Waals surface area contributed by atoms with Gasteiger partial charge in [-0.05, 0) is 24.3 Å². The first-order valence-corrected chi connectivity index (χ1v) is 9.56. The molecule has 13 heteroatoms. The number of nitrogens with one attached hydrogen (secondary N) is 1. The van der Waals surface area contributed by atoms with Gasteiger partial charge in [-0.15, -0.1) is 0 Å². The van der Waals surface area contributed by atoms with Crippen molar-refractivity contribution in [3.8, 4) is 0 Å². The highest BCUT2D eigenvalue weighted by atomic mass is 35.5. The molecule has 2 rings (SSSR count). The topological polar surface area (TPSA) is 136 Å². The van der Waals surface area contributed by atoms with Gasteiger partial charge in [-0.2, -0.15) is 0 Å². The van der Waals surface area contributed by atoms with Crippen molar-refractivity contribution in [3.05, 3.63) is 61.6 Å². The molecule has 0 saturated heterocycles. The van der Waals surface area contributed by atoms with Crippen LogP contribution >= 0.6 is 34.8 Å². The van der Waals surface area contributed by atoms with E-state index in [1.807, 2.05) is 0 Å². The fraction of sp³-hybridized carbons (Fsp3) is 0.0714. The molecule has 0 aromatic heterocycles. The number of amides is 1. The number of anilines is 1. The normalized spacial score (nSPS) is 11.1. The summed E-state index contributed by atoms with van der Waals surface area (Å²) in [6.07, 6.45) is 0. The molecule has 3 N–H and O–H groups in total. The number of carbonyl (C=O) groups excluding carboxylic acids is 1. The van der Waals surface area contributed by atoms with Crippen molar-refractivity contribution in [1.29, 1.82) is 0 Å². The zero-order chi connectivity index (χ0) is 20.4. The van der Waals surface area contributed by atoms with E-state index in [0.29, 0.717) is 4.31 Å². The summed E-state index contributed by atoms with van der Waals surface area (Å²) in [5.74, 6) is 4.17. The number of non-ortho nitro benzene ring substituents is 1. The van der Waals surface area contributed by atoms with Crippen LogP contribution in [0.4, 0.5) is 11.4 Å². The van der Waals surface area contributed by atoms with Crippen molar-refractivity contribution in [2.45, 2.75) is 4.90 Å². The fourth-order valence-corrected chi connectivity index (χ4v) is 4.14. The van der Waals surface area contributed by atoms with E-state index in [4.69, 9.17) is 40.6 Å². The Balaban J connectivity index is 2.67. The van der Waals surface area contributed by atoms with Gasteiger partial charge in [0.15, 0.2) is 0 Å². The number of nitro groups is 1. The highest BCUT2D eigenvalue weighted by Crippen LogP contribution is 2.34. The Morgan fingerprint density at radius 1 is 1.11 bits per heavy atom. The zero-order valence-corrected chi connectivity index (χ0v) is 16.3. The van der Waals surface area contributed by atoms with E-state index in [1.54, 1.807) is 5.43 Å². The Kier molecular flexibility index (Phi) is 6.50. The molecule has 2 aromatic carbocycles. The molecule has 0 atom stereocenters. The summed E-state index contributed by atoms with van der Waals surface area (Å²) in [5, 5.41) is 11.0. The van der Waals surface area contributed by atoms with E-state index in [2.05, 4.69) is 0 Å². The zero-order valence-electron chi connectivity index (χ0n) is 13.2. The van der Waals surface area contributed by atoms with E-state index in [1.165, 1.54) is 12.1 Å². The number of hydrogen-bond acceptors (Lipinski definition) is 6. The van der Waals surface area contributed by atoms with Crippen LogP contribution in [0.25, 0.3) is 0 Å². The predicted octanol–water partition coefficient (Wildman–Crippen LogP) is 2.74. The number of carbonyl (C=O) groups is 1. The number of benzene rings is 2. The van der Waals surface area contributed by atoms with Crippen molar-refractivity contribution >= 4 is 62.1 Å². The maximum Gasteiger partial charge on any atom is 0.271 e. The van der Waals surface area contributed by atoms with E-state index in [9.17, 15) is 23.3 Å². The van der Waals surface area contributed by atoms with Crippen LogP contribution in [0.15, 0.2) is 41.3 Å². The Bertz CT molecular complexity index is 1020. The van der Waals surface area contributed by atoms with E-state index >= 15 is 0 Å². The van der Waals surface area contributed by atoms with Crippen LogP contribution in [0.2, 0.25) is 15.1 Å². The second-order valence-corrected chi connectivity index (χ2v) is 8.13. The van der Waals surface area contributed by atoms with E-state index in [0.717, 1.165) is 24.3 Å². The maximum atomic E-state index is 13.1. The first kappa shape index (κ1) is 21.2. The summed E-state index contributed by atoms with van der Waals surface area (Å²) in [4.78, 5) is 21.8. The van der Waals surface area contributed by atoms with E-state index in [-0.39, 0.29) is 25.7 Å². The van der Waals surface area contributed by atoms with Crippen molar-refractivity contribution in [3.63, 3.8) is 0 Å². The van der Waals surface area contributed by atoms with Gasteiger partial charge in [-0.3, -0.25) is 24.6 Å². The molecule has 9 nitrogen and oxygen atoms in total. The van der Waals surface area contributed by atoms with Gasteiger partial charge >= 0.3 is 0 Å². The maximum absolute atomic E-state index is 13.1. The highest BCUT2D eigenvalue weighted by Gasteiger charge is 2.30. The second-order valence-electron chi connectivity index (χ2n) is 5.05. The highest BCUT2D eigenvalue weighted by molar-refractivity contribution is 7.92. The minimum atomic E-state index is -4.40. The van der Waals surface area contributed by atoms with Gasteiger partial charge in [0.25, 0.3) is 21.6 Å². The summed E-state index contributed by atoms with van der Waals surface area (Å²) in [5.41, 5.74) is 1.10. The molecule has 0 heterocycles. The molecule has 0 radical (unpaired) electrons. The Labute approximate surface area is 168 Å². The molecular formula is C14H11Cl3N4O5S. The average molecular weight is 454 g/mol. The third-order valence-electron chi connectivity index (χ3n) is 3.34. The molecule has 0 aliphatic heterocycles. The number of nitrogens with two attached hydrogens (primary N) is 1. The average Bonchev–Trinajstić information content (AvgIpc) is 2.61. The van der Waals surface area contributed by atoms with Crippen LogP contribution in [0.3, 0.4) is 0 Å². The summed E-state index contributed by atoms with van der Waals surface area (Å²) in [7, 11) is -4.40. The minimum Gasteiger partial charge on any atom is -0.293 e. The van der Waals surface area contributed by atoms with E-state index < -0.39 is 33.1 Å². The molecule has 0 saturated carbocycles. The van der Waals surface area contributed by atoms with Crippen molar-refractivity contribution in [2.24, 2.45) is 5.84 Å². The summed E-state index contributed by atoms with van der Waals surface area (Å²) >= 11 is 17.7. The number of nitro benzene ring substituents is 1. The third kappa shape index (κ3) is 4.60. The van der Waals surface area contributed by atoms with Crippen LogP contribution in [0.5, 0.6) is 0 Å². The molecule has 2 aromatic rings. The minimum absolute atomic E-state index is 0.0360. The Morgan fingerprint density at radius 3 is 2.30 bits per heavy atom. The van der Waals surface area contributed by atoms with Gasteiger partial charge < -0.3 is 0 Å². The quantitative estimate of drug-likeness (QED) is 0.299. The predicted molar refractivity (Wildman–Crippen MR) is 101 cm³/mol. The number of sulfonamides is 1. The Hall–Kier alpha value is -2.11. The van der Waals surface area contributed by atoms with Crippen molar-refractivity contribution in [1.82, 2.24) is 5.43 Å². The molecule has 0 bridgehead atoms. The van der Waals surface area contributed by atoms with Gasteiger partial charge in [-0.1, -0.05) is 34.8 Å². The third-order valence-corrected chi connectivity index (χ3v) is 6.15. The SMILES string of the molecule is NNC(=O)CN(c1cc([N+](=O)[O-])ccc1Cl)S(=O)(=O)c1ccc(Cl)c(Cl)c1. The van der Waals surface area contributed by atoms with Crippen LogP contribution in [0.1, 0.15) is 0 Å². The number of hydrogen-bond donors (Lipinski definition) is 2. The molecule has 0 spiro atoms. The van der Waals surface area contributed by atoms with Crippen LogP contribution in [-0.2, 0) is 14.8 Å². The monoisotopic (exact) mass is 452 g/mol. The molecule has 27 heavy (non-hydrogen) atoms. The van der Waals surface area contributed by atoms with Gasteiger partial charge in [0.05, 0.1) is 30.6 Å². The lowest BCUT2D eigenvalue weighted by Gasteiger charge is -2.24. The largest absolute Gasteiger partial charge is 0.293 e. The first-order valence-electron chi connectivity index (χ1n) is 6.99. The molecule has 0 fully saturated rings. The lowest BCUT2D eigenvalue weighted by molar-refractivity contribution is -0.384. The summed E-state index contributed by atoms with van der Waals surface area (Å²) < 4.78 is 26.7. The van der Waals surface area contributed by atoms with Crippen molar-refractivity contribution < 1.29 is 18.1 Å². The Morgan fingerprint density at radius 2 is 1.74 bits per heavy atom. The molecule has 144 valence electrons. The van der Waals surface area contributed by atoms with Crippen LogP contribution in [0, 0.1) is 10.1 Å². The molecule has 1 amide bonds. The van der Waals surface area contributed by atoms with Crippen LogP contribution in [-0.4, -0.2) is 25.8 Å². The van der Waals surface area contributed by atoms with Crippen LogP contribution < -0.4 is 15.6 Å². The molecule has 0 unspecified atom stereocenters. The lowest BCUT2D eigenvalue weighted by Crippen LogP contribution is -2.43. The number of nitrogens with zero attached hydrogens (tertiary/aromatic N) is 2. The number of rotatable bonds is 6. The molecule has 0 aliphatic carbocycles. The van der Waals surface area contributed by atoms with Gasteiger partial charge in [0, 0.05) is 12.1 Å². The van der Waals surface area contributed by atoms with Gasteiger partial charge in [-0.25, -0.2) is 14.3 Å². The first-order chi connectivity index (χ1) is 12.6.